The molecule has 40 heavy (non-hydrogen) atoms. The van der Waals surface area contributed by atoms with Crippen molar-refractivity contribution in [3.05, 3.63) is 40.1 Å². The van der Waals surface area contributed by atoms with Gasteiger partial charge in [0.25, 0.3) is 0 Å². The van der Waals surface area contributed by atoms with Gasteiger partial charge in [-0.1, -0.05) is 35.3 Å². The Kier molecular flexibility index (Phi) is 7.06. The van der Waals surface area contributed by atoms with Gasteiger partial charge in [0.2, 0.25) is 11.8 Å². The van der Waals surface area contributed by atoms with Crippen LogP contribution in [-0.4, -0.2) is 63.3 Å². The molecule has 0 saturated carbocycles. The fraction of sp³-hybridized carbons (Fsp3) is 0.478. The standard InChI is InChI=1S/C23H24Cl2N5O9P/c1-3-33-19-16-18(28-21(26)29-19)27-10-30(16)20-23(2)17(37-22(31)38-23)14(36-20)9-35-40(32)34-8-7-13(39-40)11-5-4-6-12(24)15(11)25/h4-6,10,13-14,17,20H,3,7-9H2,1-2H3,(H2,26,28,29)/t13-,14+,17+,20?,23+,40+/m0/s1. The van der Waals surface area contributed by atoms with Crippen molar-refractivity contribution in [1.82, 2.24) is 19.5 Å². The van der Waals surface area contributed by atoms with Crippen molar-refractivity contribution in [3.8, 4) is 5.88 Å². The number of nitrogens with zero attached hydrogens (tertiary/aromatic N) is 4. The predicted molar refractivity (Wildman–Crippen MR) is 139 cm³/mol. The number of carbonyl (C=O) groups is 1. The molecule has 214 valence electrons. The van der Waals surface area contributed by atoms with Gasteiger partial charge in [-0.05, 0) is 19.9 Å². The summed E-state index contributed by atoms with van der Waals surface area (Å²) in [5.74, 6) is 0.157. The highest BCUT2D eigenvalue weighted by Gasteiger charge is 2.64. The van der Waals surface area contributed by atoms with Crippen molar-refractivity contribution in [2.24, 2.45) is 0 Å². The number of hydrogen-bond acceptors (Lipinski definition) is 13. The summed E-state index contributed by atoms with van der Waals surface area (Å²) in [5.41, 5.74) is 5.66. The van der Waals surface area contributed by atoms with Gasteiger partial charge in [0, 0.05) is 12.0 Å². The first-order valence-corrected chi connectivity index (χ1v) is 14.5. The average Bonchev–Trinajstić information content (AvgIpc) is 3.53. The summed E-state index contributed by atoms with van der Waals surface area (Å²) in [6.45, 7) is 3.49. The Morgan fingerprint density at radius 1 is 1.30 bits per heavy atom. The van der Waals surface area contributed by atoms with E-state index >= 15 is 0 Å². The molecule has 3 aromatic rings. The molecule has 17 heteroatoms. The van der Waals surface area contributed by atoms with E-state index in [1.165, 1.54) is 6.33 Å². The second-order valence-corrected chi connectivity index (χ2v) is 11.8. The number of rotatable bonds is 7. The summed E-state index contributed by atoms with van der Waals surface area (Å²) in [5, 5.41) is 0.630. The monoisotopic (exact) mass is 615 g/mol. The van der Waals surface area contributed by atoms with Crippen LogP contribution < -0.4 is 10.5 Å². The molecule has 1 unspecified atom stereocenters. The number of hydrogen-bond donors (Lipinski definition) is 1. The van der Waals surface area contributed by atoms with Crippen LogP contribution >= 0.6 is 31.0 Å². The zero-order valence-electron chi connectivity index (χ0n) is 21.2. The number of imidazole rings is 1. The van der Waals surface area contributed by atoms with Gasteiger partial charge in [-0.25, -0.2) is 14.3 Å². The van der Waals surface area contributed by atoms with Gasteiger partial charge in [-0.2, -0.15) is 9.97 Å². The molecule has 2 aromatic heterocycles. The molecule has 14 nitrogen and oxygen atoms in total. The zero-order valence-corrected chi connectivity index (χ0v) is 23.6. The lowest BCUT2D eigenvalue weighted by Crippen LogP contribution is -2.42. The fourth-order valence-electron chi connectivity index (χ4n) is 5.03. The number of phosphoric ester groups is 1. The molecule has 0 radical (unpaired) electrons. The second-order valence-electron chi connectivity index (χ2n) is 9.35. The molecule has 0 amide bonds. The molecule has 0 bridgehead atoms. The van der Waals surface area contributed by atoms with Gasteiger partial charge in [-0.15, -0.1) is 0 Å². The van der Waals surface area contributed by atoms with E-state index in [1.54, 1.807) is 36.6 Å². The SMILES string of the molecule is CCOc1nc(N)nc2ncn(C3O[C@H](CO[P@@]4(=O)OCC[C@@H](c5cccc(Cl)c5Cl)O4)[C@H]4OC(=O)O[C@@]34C)c12. The third kappa shape index (κ3) is 4.67. The van der Waals surface area contributed by atoms with Crippen molar-refractivity contribution in [3.63, 3.8) is 0 Å². The number of carbonyl (C=O) groups excluding carboxylic acids is 1. The maximum Gasteiger partial charge on any atom is 0.509 e. The number of phosphoric acid groups is 1. The number of nitrogens with two attached hydrogens (primary N) is 1. The Morgan fingerprint density at radius 2 is 2.12 bits per heavy atom. The topological polar surface area (TPSA) is 168 Å². The molecule has 1 aromatic carbocycles. The van der Waals surface area contributed by atoms with E-state index in [2.05, 4.69) is 15.0 Å². The lowest BCUT2D eigenvalue weighted by atomic mass is 9.96. The first-order chi connectivity index (χ1) is 19.1. The van der Waals surface area contributed by atoms with Crippen molar-refractivity contribution in [2.75, 3.05) is 25.6 Å². The fourth-order valence-corrected chi connectivity index (χ4v) is 6.84. The molecular weight excluding hydrogens is 592 g/mol. The summed E-state index contributed by atoms with van der Waals surface area (Å²) in [4.78, 5) is 24.9. The highest BCUT2D eigenvalue weighted by Crippen LogP contribution is 2.58. The van der Waals surface area contributed by atoms with E-state index in [4.69, 9.17) is 61.5 Å². The maximum atomic E-state index is 13.4. The first-order valence-electron chi connectivity index (χ1n) is 12.3. The molecular formula is C23H24Cl2N5O9P. The third-order valence-corrected chi connectivity index (χ3v) is 9.09. The summed E-state index contributed by atoms with van der Waals surface area (Å²) in [6.07, 6.45) is -2.60. The lowest BCUT2D eigenvalue weighted by molar-refractivity contribution is -0.0924. The predicted octanol–water partition coefficient (Wildman–Crippen LogP) is 4.61. The molecule has 3 saturated heterocycles. The Labute approximate surface area is 237 Å². The van der Waals surface area contributed by atoms with Crippen molar-refractivity contribution in [2.45, 2.75) is 50.4 Å². The minimum atomic E-state index is -4.07. The lowest BCUT2D eigenvalue weighted by Gasteiger charge is -2.30. The number of fused-ring (bicyclic) bond motifs is 2. The number of ether oxygens (including phenoxy) is 4. The van der Waals surface area contributed by atoms with E-state index in [-0.39, 0.29) is 30.7 Å². The Bertz CT molecular complexity index is 1530. The highest BCUT2D eigenvalue weighted by molar-refractivity contribution is 7.48. The van der Waals surface area contributed by atoms with Gasteiger partial charge >= 0.3 is 14.0 Å². The molecule has 5 heterocycles. The van der Waals surface area contributed by atoms with Crippen molar-refractivity contribution >= 4 is 54.3 Å². The molecule has 0 spiro atoms. The molecule has 2 N–H and O–H groups in total. The number of nitrogen functional groups attached to an aromatic ring is 1. The van der Waals surface area contributed by atoms with Gasteiger partial charge < -0.3 is 24.7 Å². The Balaban J connectivity index is 1.25. The molecule has 3 fully saturated rings. The number of halogens is 2. The molecule has 3 aliphatic heterocycles. The van der Waals surface area contributed by atoms with Crippen LogP contribution in [0.1, 0.15) is 38.2 Å². The highest BCUT2D eigenvalue weighted by atomic mass is 35.5. The van der Waals surface area contributed by atoms with Crippen molar-refractivity contribution < 1.29 is 41.9 Å². The summed E-state index contributed by atoms with van der Waals surface area (Å²) >= 11 is 12.5. The molecule has 6 atom stereocenters. The van der Waals surface area contributed by atoms with E-state index in [1.807, 2.05) is 0 Å². The minimum Gasteiger partial charge on any atom is -0.476 e. The van der Waals surface area contributed by atoms with Gasteiger partial charge in [-0.3, -0.25) is 18.1 Å². The van der Waals surface area contributed by atoms with E-state index < -0.39 is 44.1 Å². The smallest absolute Gasteiger partial charge is 0.476 e. The Morgan fingerprint density at radius 3 is 2.92 bits per heavy atom. The van der Waals surface area contributed by atoms with Crippen LogP contribution in [0.15, 0.2) is 24.5 Å². The number of benzene rings is 1. The van der Waals surface area contributed by atoms with E-state index in [0.29, 0.717) is 34.2 Å². The van der Waals surface area contributed by atoms with Crippen LogP contribution in [0.3, 0.4) is 0 Å². The number of anilines is 1. The number of aromatic nitrogens is 4. The van der Waals surface area contributed by atoms with Crippen LogP contribution in [-0.2, 0) is 32.3 Å². The van der Waals surface area contributed by atoms with Crippen LogP contribution in [0.2, 0.25) is 10.0 Å². The molecule has 3 aliphatic rings. The first kappa shape index (κ1) is 27.5. The minimum absolute atomic E-state index is 0.0194. The van der Waals surface area contributed by atoms with Crippen LogP contribution in [0, 0.1) is 0 Å². The van der Waals surface area contributed by atoms with Crippen LogP contribution in [0.25, 0.3) is 11.2 Å². The van der Waals surface area contributed by atoms with E-state index in [0.717, 1.165) is 0 Å². The summed E-state index contributed by atoms with van der Waals surface area (Å²) < 4.78 is 54.7. The quantitative estimate of drug-likeness (QED) is 0.289. The van der Waals surface area contributed by atoms with Crippen molar-refractivity contribution in [1.29, 1.82) is 0 Å². The van der Waals surface area contributed by atoms with Gasteiger partial charge in [0.15, 0.2) is 29.1 Å². The summed E-state index contributed by atoms with van der Waals surface area (Å²) in [6, 6.07) is 5.08. The largest absolute Gasteiger partial charge is 0.509 e. The van der Waals surface area contributed by atoms with E-state index in [9.17, 15) is 9.36 Å². The second kappa shape index (κ2) is 10.3. The molecule has 6 rings (SSSR count). The third-order valence-electron chi connectivity index (χ3n) is 6.78. The van der Waals surface area contributed by atoms with Gasteiger partial charge in [0.1, 0.15) is 12.4 Å². The zero-order chi connectivity index (χ0) is 28.2. The average molecular weight is 616 g/mol. The molecule has 0 aliphatic carbocycles. The summed E-state index contributed by atoms with van der Waals surface area (Å²) in [7, 11) is -4.07. The maximum absolute atomic E-state index is 13.4. The van der Waals surface area contributed by atoms with Gasteiger partial charge in [0.05, 0.1) is 36.0 Å². The normalized spacial score (nSPS) is 31.6. The Hall–Kier alpha value is -2.71. The van der Waals surface area contributed by atoms with Crippen LogP contribution in [0.4, 0.5) is 10.7 Å². The van der Waals surface area contributed by atoms with Crippen LogP contribution in [0.5, 0.6) is 5.88 Å².